The van der Waals surface area contributed by atoms with Crippen molar-refractivity contribution < 1.29 is 9.90 Å². The second-order valence-electron chi connectivity index (χ2n) is 4.44. The van der Waals surface area contributed by atoms with Gasteiger partial charge in [-0.1, -0.05) is 23.4 Å². The Balaban J connectivity index is 1.96. The van der Waals surface area contributed by atoms with E-state index < -0.39 is 5.97 Å². The van der Waals surface area contributed by atoms with E-state index in [9.17, 15) is 4.79 Å². The highest BCUT2D eigenvalue weighted by Gasteiger charge is 2.00. The standard InChI is InChI=1S/C15H16N4O2/c1-19(11-15(20)21)18-17-14-9-7-13(8-10-14)16-12-5-3-2-4-6-12/h2-10,16H,11H2,1H3,(H,20,21). The molecule has 108 valence electrons. The third-order valence-electron chi connectivity index (χ3n) is 2.61. The van der Waals surface area contributed by atoms with Crippen LogP contribution in [0.15, 0.2) is 64.9 Å². The number of anilines is 2. The first-order chi connectivity index (χ1) is 10.1. The smallest absolute Gasteiger partial charge is 0.324 e. The summed E-state index contributed by atoms with van der Waals surface area (Å²) in [5.41, 5.74) is 2.61. The van der Waals surface area contributed by atoms with Crippen LogP contribution >= 0.6 is 0 Å². The molecule has 6 heteroatoms. The highest BCUT2D eigenvalue weighted by molar-refractivity contribution is 5.68. The van der Waals surface area contributed by atoms with Crippen molar-refractivity contribution in [1.82, 2.24) is 5.01 Å². The Bertz CT molecular complexity index is 611. The van der Waals surface area contributed by atoms with Crippen LogP contribution in [0, 0.1) is 0 Å². The molecule has 0 aromatic heterocycles. The lowest BCUT2D eigenvalue weighted by molar-refractivity contribution is -0.138. The Kier molecular flexibility index (Phi) is 4.87. The van der Waals surface area contributed by atoms with Crippen molar-refractivity contribution in [2.75, 3.05) is 18.9 Å². The summed E-state index contributed by atoms with van der Waals surface area (Å²) in [6.45, 7) is -0.183. The average molecular weight is 284 g/mol. The van der Waals surface area contributed by atoms with Gasteiger partial charge < -0.3 is 10.4 Å². The lowest BCUT2D eigenvalue weighted by atomic mass is 10.2. The van der Waals surface area contributed by atoms with E-state index in [1.807, 2.05) is 54.6 Å². The van der Waals surface area contributed by atoms with E-state index in [4.69, 9.17) is 5.11 Å². The van der Waals surface area contributed by atoms with Crippen LogP contribution in [0.3, 0.4) is 0 Å². The molecule has 0 bridgehead atoms. The average Bonchev–Trinajstić information content (AvgIpc) is 2.47. The molecular weight excluding hydrogens is 268 g/mol. The number of hydrogen-bond acceptors (Lipinski definition) is 4. The third-order valence-corrected chi connectivity index (χ3v) is 2.61. The second-order valence-corrected chi connectivity index (χ2v) is 4.44. The summed E-state index contributed by atoms with van der Waals surface area (Å²) < 4.78 is 0. The van der Waals surface area contributed by atoms with Crippen LogP contribution in [-0.4, -0.2) is 29.7 Å². The molecule has 0 aliphatic rings. The molecule has 0 unspecified atom stereocenters. The maximum atomic E-state index is 10.5. The monoisotopic (exact) mass is 284 g/mol. The van der Waals surface area contributed by atoms with Crippen LogP contribution in [0.1, 0.15) is 0 Å². The van der Waals surface area contributed by atoms with Crippen molar-refractivity contribution in [2.24, 2.45) is 10.3 Å². The molecule has 0 aliphatic heterocycles. The predicted molar refractivity (Wildman–Crippen MR) is 80.9 cm³/mol. The SMILES string of the molecule is CN(CC(=O)O)N=Nc1ccc(Nc2ccccc2)cc1. The summed E-state index contributed by atoms with van der Waals surface area (Å²) in [5, 5.41) is 20.9. The van der Waals surface area contributed by atoms with Gasteiger partial charge in [0.25, 0.3) is 0 Å². The van der Waals surface area contributed by atoms with Gasteiger partial charge in [-0.05, 0) is 36.4 Å². The van der Waals surface area contributed by atoms with Gasteiger partial charge in [-0.2, -0.15) is 0 Å². The van der Waals surface area contributed by atoms with E-state index in [2.05, 4.69) is 15.7 Å². The first-order valence-electron chi connectivity index (χ1n) is 6.40. The number of carbonyl (C=O) groups is 1. The Labute approximate surface area is 122 Å². The molecule has 0 heterocycles. The van der Waals surface area contributed by atoms with Gasteiger partial charge in [-0.15, -0.1) is 5.11 Å². The third kappa shape index (κ3) is 4.94. The van der Waals surface area contributed by atoms with Crippen molar-refractivity contribution in [3.05, 3.63) is 54.6 Å². The number of aliphatic carboxylic acids is 1. The van der Waals surface area contributed by atoms with Gasteiger partial charge in [0, 0.05) is 18.4 Å². The fourth-order valence-corrected chi connectivity index (χ4v) is 1.65. The quantitative estimate of drug-likeness (QED) is 0.629. The minimum Gasteiger partial charge on any atom is -0.480 e. The molecule has 0 saturated heterocycles. The van der Waals surface area contributed by atoms with E-state index in [0.717, 1.165) is 11.4 Å². The van der Waals surface area contributed by atoms with Gasteiger partial charge in [0.05, 0.1) is 5.69 Å². The van der Waals surface area contributed by atoms with Gasteiger partial charge in [0.1, 0.15) is 6.54 Å². The lowest BCUT2D eigenvalue weighted by Gasteiger charge is -2.07. The molecule has 2 aromatic rings. The second kappa shape index (κ2) is 7.04. The van der Waals surface area contributed by atoms with Crippen LogP contribution in [0.2, 0.25) is 0 Å². The molecule has 0 aliphatic carbocycles. The summed E-state index contributed by atoms with van der Waals surface area (Å²) in [6.07, 6.45) is 0. The fourth-order valence-electron chi connectivity index (χ4n) is 1.65. The number of rotatable bonds is 6. The van der Waals surface area contributed by atoms with E-state index in [1.165, 1.54) is 5.01 Å². The number of nitrogens with zero attached hydrogens (tertiary/aromatic N) is 3. The summed E-state index contributed by atoms with van der Waals surface area (Å²) in [7, 11) is 1.56. The minimum atomic E-state index is -0.946. The molecule has 2 aromatic carbocycles. The molecule has 0 amide bonds. The van der Waals surface area contributed by atoms with Gasteiger partial charge in [0.2, 0.25) is 0 Å². The maximum absolute atomic E-state index is 10.5. The maximum Gasteiger partial charge on any atom is 0.324 e. The minimum absolute atomic E-state index is 0.183. The number of carboxylic acids is 1. The van der Waals surface area contributed by atoms with Gasteiger partial charge in [0.15, 0.2) is 0 Å². The summed E-state index contributed by atoms with van der Waals surface area (Å²) >= 11 is 0. The van der Waals surface area contributed by atoms with Gasteiger partial charge in [-0.25, -0.2) is 0 Å². The van der Waals surface area contributed by atoms with Crippen LogP contribution in [0.25, 0.3) is 0 Å². The van der Waals surface area contributed by atoms with E-state index >= 15 is 0 Å². The molecule has 2 N–H and O–H groups in total. The molecule has 0 radical (unpaired) electrons. The van der Waals surface area contributed by atoms with Crippen molar-refractivity contribution >= 4 is 23.0 Å². The zero-order valence-electron chi connectivity index (χ0n) is 11.6. The number of para-hydroxylation sites is 1. The number of benzene rings is 2. The Morgan fingerprint density at radius 1 is 1.10 bits per heavy atom. The van der Waals surface area contributed by atoms with Crippen molar-refractivity contribution in [2.45, 2.75) is 0 Å². The summed E-state index contributed by atoms with van der Waals surface area (Å²) in [6, 6.07) is 17.2. The predicted octanol–water partition coefficient (Wildman–Crippen LogP) is 3.45. The highest BCUT2D eigenvalue weighted by Crippen LogP contribution is 2.20. The van der Waals surface area contributed by atoms with E-state index in [1.54, 1.807) is 7.05 Å². The molecule has 0 spiro atoms. The lowest BCUT2D eigenvalue weighted by Crippen LogP contribution is -2.19. The zero-order chi connectivity index (χ0) is 15.1. The summed E-state index contributed by atoms with van der Waals surface area (Å²) in [4.78, 5) is 10.5. The van der Waals surface area contributed by atoms with Crippen LogP contribution in [-0.2, 0) is 4.79 Å². The molecule has 0 fully saturated rings. The molecule has 21 heavy (non-hydrogen) atoms. The van der Waals surface area contributed by atoms with Crippen LogP contribution < -0.4 is 5.32 Å². The number of carboxylic acid groups (broad SMARTS) is 1. The summed E-state index contributed by atoms with van der Waals surface area (Å²) in [5.74, 6) is -0.946. The topological polar surface area (TPSA) is 77.3 Å². The first kappa shape index (κ1) is 14.5. The van der Waals surface area contributed by atoms with E-state index in [0.29, 0.717) is 5.69 Å². The number of hydrogen-bond donors (Lipinski definition) is 2. The van der Waals surface area contributed by atoms with Crippen LogP contribution in [0.4, 0.5) is 17.1 Å². The molecule has 2 rings (SSSR count). The zero-order valence-corrected chi connectivity index (χ0v) is 11.6. The van der Waals surface area contributed by atoms with Crippen LogP contribution in [0.5, 0.6) is 0 Å². The molecule has 0 atom stereocenters. The normalized spacial score (nSPS) is 10.5. The Morgan fingerprint density at radius 2 is 1.71 bits per heavy atom. The van der Waals surface area contributed by atoms with Crippen molar-refractivity contribution in [3.63, 3.8) is 0 Å². The fraction of sp³-hybridized carbons (Fsp3) is 0.133. The molecule has 0 saturated carbocycles. The Morgan fingerprint density at radius 3 is 2.33 bits per heavy atom. The van der Waals surface area contributed by atoms with Gasteiger partial charge in [-0.3, -0.25) is 9.80 Å². The number of nitrogens with one attached hydrogen (secondary N) is 1. The molecular formula is C15H16N4O2. The van der Waals surface area contributed by atoms with E-state index in [-0.39, 0.29) is 6.54 Å². The van der Waals surface area contributed by atoms with Gasteiger partial charge >= 0.3 is 5.97 Å². The van der Waals surface area contributed by atoms with Crippen molar-refractivity contribution in [3.8, 4) is 0 Å². The van der Waals surface area contributed by atoms with Crippen molar-refractivity contribution in [1.29, 1.82) is 0 Å². The first-order valence-corrected chi connectivity index (χ1v) is 6.40. The Hall–Kier alpha value is -2.89. The molecule has 6 nitrogen and oxygen atoms in total. The largest absolute Gasteiger partial charge is 0.480 e. The number of likely N-dealkylation sites (N-methyl/N-ethyl adjacent to an activating group) is 1. The highest BCUT2D eigenvalue weighted by atomic mass is 16.4.